The third-order valence-corrected chi connectivity index (χ3v) is 5.00. The molecule has 1 saturated heterocycles. The van der Waals surface area contributed by atoms with Crippen LogP contribution in [0.3, 0.4) is 0 Å². The molecular formula is C12H12ClIN2O3S. The molecule has 1 atom stereocenters. The Morgan fingerprint density at radius 3 is 2.90 bits per heavy atom. The van der Waals surface area contributed by atoms with E-state index in [-0.39, 0.29) is 0 Å². The van der Waals surface area contributed by atoms with E-state index in [1.54, 1.807) is 30.0 Å². The summed E-state index contributed by atoms with van der Waals surface area (Å²) in [5.74, 6) is 0.188. The highest BCUT2D eigenvalue weighted by molar-refractivity contribution is 14.1. The van der Waals surface area contributed by atoms with E-state index in [2.05, 4.69) is 27.9 Å². The lowest BCUT2D eigenvalue weighted by Crippen LogP contribution is -2.51. The van der Waals surface area contributed by atoms with Crippen molar-refractivity contribution in [1.82, 2.24) is 4.90 Å². The number of anilines is 1. The Kier molecular flexibility index (Phi) is 5.39. The summed E-state index contributed by atoms with van der Waals surface area (Å²) < 4.78 is 0.807. The minimum absolute atomic E-state index is 0.391. The highest BCUT2D eigenvalue weighted by Crippen LogP contribution is 2.24. The molecule has 1 aliphatic heterocycles. The SMILES string of the molecule is O=C(O)C1CSCCN1C(=O)Nc1ccc(Cl)cc1I. The van der Waals surface area contributed by atoms with Crippen LogP contribution in [-0.4, -0.2) is 46.1 Å². The van der Waals surface area contributed by atoms with Crippen molar-refractivity contribution in [2.45, 2.75) is 6.04 Å². The van der Waals surface area contributed by atoms with E-state index in [0.29, 0.717) is 23.0 Å². The fourth-order valence-corrected chi connectivity index (χ4v) is 3.87. The van der Waals surface area contributed by atoms with Crippen LogP contribution in [0.1, 0.15) is 0 Å². The van der Waals surface area contributed by atoms with E-state index in [4.69, 9.17) is 16.7 Å². The molecule has 20 heavy (non-hydrogen) atoms. The van der Waals surface area contributed by atoms with E-state index in [1.807, 2.05) is 0 Å². The Morgan fingerprint density at radius 2 is 2.25 bits per heavy atom. The van der Waals surface area contributed by atoms with Crippen molar-refractivity contribution in [3.63, 3.8) is 0 Å². The fourth-order valence-electron chi connectivity index (χ4n) is 1.83. The van der Waals surface area contributed by atoms with Crippen LogP contribution in [0, 0.1) is 3.57 Å². The number of rotatable bonds is 2. The summed E-state index contributed by atoms with van der Waals surface area (Å²) in [6.07, 6.45) is 0. The van der Waals surface area contributed by atoms with Crippen molar-refractivity contribution >= 4 is 63.6 Å². The van der Waals surface area contributed by atoms with Crippen molar-refractivity contribution in [2.75, 3.05) is 23.4 Å². The smallest absolute Gasteiger partial charge is 0.327 e. The molecule has 1 fully saturated rings. The first-order valence-electron chi connectivity index (χ1n) is 5.82. The first kappa shape index (κ1) is 15.7. The third kappa shape index (κ3) is 3.70. The fraction of sp³-hybridized carbons (Fsp3) is 0.333. The topological polar surface area (TPSA) is 69.6 Å². The lowest BCUT2D eigenvalue weighted by molar-refractivity contribution is -0.141. The minimum atomic E-state index is -0.974. The second-order valence-corrected chi connectivity index (χ2v) is 6.93. The number of carbonyl (C=O) groups excluding carboxylic acids is 1. The number of thioether (sulfide) groups is 1. The molecule has 0 aliphatic carbocycles. The van der Waals surface area contributed by atoms with Crippen molar-refractivity contribution in [3.05, 3.63) is 26.8 Å². The average molecular weight is 427 g/mol. The summed E-state index contributed by atoms with van der Waals surface area (Å²) >= 11 is 9.47. The maximum atomic E-state index is 12.2. The molecule has 1 heterocycles. The van der Waals surface area contributed by atoms with Gasteiger partial charge in [0.15, 0.2) is 0 Å². The Labute approximate surface area is 139 Å². The van der Waals surface area contributed by atoms with Gasteiger partial charge in [0.05, 0.1) is 5.69 Å². The number of carboxylic acids is 1. The zero-order valence-corrected chi connectivity index (χ0v) is 14.0. The van der Waals surface area contributed by atoms with Crippen molar-refractivity contribution < 1.29 is 14.7 Å². The van der Waals surface area contributed by atoms with Gasteiger partial charge in [-0.05, 0) is 40.8 Å². The molecule has 5 nitrogen and oxygen atoms in total. The van der Waals surface area contributed by atoms with E-state index in [1.165, 1.54) is 4.90 Å². The number of benzene rings is 1. The van der Waals surface area contributed by atoms with Crippen LogP contribution >= 0.6 is 46.0 Å². The number of urea groups is 1. The van der Waals surface area contributed by atoms with Gasteiger partial charge in [-0.15, -0.1) is 0 Å². The van der Waals surface area contributed by atoms with Gasteiger partial charge in [-0.3, -0.25) is 0 Å². The first-order valence-corrected chi connectivity index (χ1v) is 8.43. The quantitative estimate of drug-likeness (QED) is 0.714. The van der Waals surface area contributed by atoms with Gasteiger partial charge in [-0.25, -0.2) is 9.59 Å². The molecule has 0 saturated carbocycles. The van der Waals surface area contributed by atoms with Crippen molar-refractivity contribution in [1.29, 1.82) is 0 Å². The van der Waals surface area contributed by atoms with Gasteiger partial charge >= 0.3 is 12.0 Å². The highest BCUT2D eigenvalue weighted by atomic mass is 127. The van der Waals surface area contributed by atoms with E-state index < -0.39 is 18.0 Å². The number of aliphatic carboxylic acids is 1. The molecule has 8 heteroatoms. The lowest BCUT2D eigenvalue weighted by atomic mass is 10.3. The summed E-state index contributed by atoms with van der Waals surface area (Å²) in [6, 6.07) is 3.95. The van der Waals surface area contributed by atoms with E-state index >= 15 is 0 Å². The van der Waals surface area contributed by atoms with Gasteiger partial charge in [-0.1, -0.05) is 11.6 Å². The number of halogens is 2. The highest BCUT2D eigenvalue weighted by Gasteiger charge is 2.32. The Balaban J connectivity index is 2.12. The summed E-state index contributed by atoms with van der Waals surface area (Å²) in [7, 11) is 0. The van der Waals surface area contributed by atoms with Crippen LogP contribution in [-0.2, 0) is 4.79 Å². The predicted molar refractivity (Wildman–Crippen MR) is 88.6 cm³/mol. The molecular weight excluding hydrogens is 415 g/mol. The maximum Gasteiger partial charge on any atom is 0.327 e. The summed E-state index contributed by atoms with van der Waals surface area (Å²) in [4.78, 5) is 24.8. The van der Waals surface area contributed by atoms with Crippen LogP contribution < -0.4 is 5.32 Å². The molecule has 1 aromatic rings. The molecule has 1 aliphatic rings. The van der Waals surface area contributed by atoms with Crippen molar-refractivity contribution in [3.8, 4) is 0 Å². The monoisotopic (exact) mass is 426 g/mol. The lowest BCUT2D eigenvalue weighted by Gasteiger charge is -2.32. The Bertz CT molecular complexity index is 543. The number of hydrogen-bond donors (Lipinski definition) is 2. The van der Waals surface area contributed by atoms with Crippen LogP contribution in [0.15, 0.2) is 18.2 Å². The second kappa shape index (κ2) is 6.86. The summed E-state index contributed by atoms with van der Waals surface area (Å²) in [6.45, 7) is 0.428. The standard InChI is InChI=1S/C12H12ClIN2O3S/c13-7-1-2-9(8(14)5-7)15-12(19)16-3-4-20-6-10(16)11(17)18/h1-2,5,10H,3-4,6H2,(H,15,19)(H,17,18). The van der Waals surface area contributed by atoms with Crippen LogP contribution in [0.4, 0.5) is 10.5 Å². The Hall–Kier alpha value is -0.670. The molecule has 0 spiro atoms. The minimum Gasteiger partial charge on any atom is -0.480 e. The molecule has 2 N–H and O–H groups in total. The summed E-state index contributed by atoms with van der Waals surface area (Å²) in [5, 5.41) is 12.5. The van der Waals surface area contributed by atoms with Crippen LogP contribution in [0.5, 0.6) is 0 Å². The maximum absolute atomic E-state index is 12.2. The molecule has 108 valence electrons. The second-order valence-electron chi connectivity index (χ2n) is 4.18. The number of nitrogens with zero attached hydrogens (tertiary/aromatic N) is 1. The number of hydrogen-bond acceptors (Lipinski definition) is 3. The Morgan fingerprint density at radius 1 is 1.50 bits per heavy atom. The molecule has 2 amide bonds. The first-order chi connectivity index (χ1) is 9.49. The number of amides is 2. The normalized spacial score (nSPS) is 18.7. The van der Waals surface area contributed by atoms with Gasteiger partial charge in [0.25, 0.3) is 0 Å². The van der Waals surface area contributed by atoms with E-state index in [0.717, 1.165) is 9.32 Å². The van der Waals surface area contributed by atoms with Crippen molar-refractivity contribution in [2.24, 2.45) is 0 Å². The van der Waals surface area contributed by atoms with Crippen LogP contribution in [0.2, 0.25) is 5.02 Å². The third-order valence-electron chi connectivity index (χ3n) is 2.85. The van der Waals surface area contributed by atoms with Gasteiger partial charge in [0.1, 0.15) is 6.04 Å². The van der Waals surface area contributed by atoms with Crippen LogP contribution in [0.25, 0.3) is 0 Å². The molecule has 0 aromatic heterocycles. The average Bonchev–Trinajstić information content (AvgIpc) is 2.41. The molecule has 1 aromatic carbocycles. The van der Waals surface area contributed by atoms with E-state index in [9.17, 15) is 9.59 Å². The zero-order valence-electron chi connectivity index (χ0n) is 10.3. The zero-order chi connectivity index (χ0) is 14.7. The number of nitrogens with one attached hydrogen (secondary N) is 1. The summed E-state index contributed by atoms with van der Waals surface area (Å²) in [5.41, 5.74) is 0.627. The number of carboxylic acid groups (broad SMARTS) is 1. The van der Waals surface area contributed by atoms with Gasteiger partial charge < -0.3 is 15.3 Å². The predicted octanol–water partition coefficient (Wildman–Crippen LogP) is 2.98. The number of carbonyl (C=O) groups is 2. The molecule has 1 unspecified atom stereocenters. The largest absolute Gasteiger partial charge is 0.480 e. The molecule has 0 bridgehead atoms. The van der Waals surface area contributed by atoms with Gasteiger partial charge in [0, 0.05) is 26.6 Å². The molecule has 2 rings (SSSR count). The van der Waals surface area contributed by atoms with Gasteiger partial charge in [0.2, 0.25) is 0 Å². The molecule has 0 radical (unpaired) electrons. The van der Waals surface area contributed by atoms with Gasteiger partial charge in [-0.2, -0.15) is 11.8 Å².